The van der Waals surface area contributed by atoms with Crippen molar-refractivity contribution in [2.75, 3.05) is 17.6 Å². The highest BCUT2D eigenvalue weighted by molar-refractivity contribution is 5.24. The molecule has 0 saturated carbocycles. The van der Waals surface area contributed by atoms with Crippen LogP contribution in [0.15, 0.2) is 28.7 Å². The zero-order valence-electron chi connectivity index (χ0n) is 8.48. The molecule has 0 saturated heterocycles. The summed E-state index contributed by atoms with van der Waals surface area (Å²) in [6.45, 7) is 0.574. The van der Waals surface area contributed by atoms with Crippen molar-refractivity contribution in [2.24, 2.45) is 0 Å². The molecule has 0 aliphatic heterocycles. The Balaban J connectivity index is 1.84. The van der Waals surface area contributed by atoms with E-state index in [1.807, 2.05) is 6.07 Å². The number of hydrogen-bond acceptors (Lipinski definition) is 5. The minimum atomic E-state index is -0.237. The predicted molar refractivity (Wildman–Crippen MR) is 57.3 cm³/mol. The third-order valence-corrected chi connectivity index (χ3v) is 2.02. The molecule has 0 unspecified atom stereocenters. The Morgan fingerprint density at radius 3 is 2.94 bits per heavy atom. The van der Waals surface area contributed by atoms with E-state index in [0.29, 0.717) is 13.0 Å². The van der Waals surface area contributed by atoms with E-state index in [-0.39, 0.29) is 17.8 Å². The van der Waals surface area contributed by atoms with Crippen LogP contribution in [0.25, 0.3) is 0 Å². The fraction of sp³-hybridized carbons (Fsp3) is 0.200. The van der Waals surface area contributed by atoms with Crippen molar-refractivity contribution < 1.29 is 8.81 Å². The summed E-state index contributed by atoms with van der Waals surface area (Å²) in [7, 11) is 0. The molecule has 0 aliphatic carbocycles. The molecule has 2 aromatic rings. The lowest BCUT2D eigenvalue weighted by atomic mass is 10.1. The van der Waals surface area contributed by atoms with Crippen molar-refractivity contribution in [2.45, 2.75) is 6.42 Å². The molecule has 0 fully saturated rings. The van der Waals surface area contributed by atoms with Crippen molar-refractivity contribution in [1.29, 1.82) is 0 Å². The van der Waals surface area contributed by atoms with Crippen molar-refractivity contribution in [3.05, 3.63) is 35.6 Å². The Labute approximate surface area is 91.5 Å². The van der Waals surface area contributed by atoms with Crippen LogP contribution in [0.5, 0.6) is 0 Å². The fourth-order valence-electron chi connectivity index (χ4n) is 1.31. The predicted octanol–water partition coefficient (Wildman–Crippen LogP) is 1.45. The van der Waals surface area contributed by atoms with Crippen LogP contribution in [0.4, 0.5) is 16.4 Å². The van der Waals surface area contributed by atoms with Crippen LogP contribution < -0.4 is 11.1 Å². The van der Waals surface area contributed by atoms with E-state index in [2.05, 4.69) is 15.5 Å². The van der Waals surface area contributed by atoms with Crippen LogP contribution in [-0.4, -0.2) is 16.7 Å². The second-order valence-electron chi connectivity index (χ2n) is 3.25. The molecule has 1 aromatic carbocycles. The SMILES string of the molecule is Nc1nnc(NCCc2cccc(F)c2)o1. The number of benzene rings is 1. The molecule has 0 spiro atoms. The lowest BCUT2D eigenvalue weighted by molar-refractivity contribution is 0.586. The molecule has 0 atom stereocenters. The molecule has 1 heterocycles. The largest absolute Gasteiger partial charge is 0.390 e. The molecule has 3 N–H and O–H groups in total. The summed E-state index contributed by atoms with van der Waals surface area (Å²) in [6.07, 6.45) is 0.667. The van der Waals surface area contributed by atoms with Crippen LogP contribution in [0.1, 0.15) is 5.56 Å². The minimum absolute atomic E-state index is 0.0215. The Morgan fingerprint density at radius 2 is 2.25 bits per heavy atom. The number of rotatable bonds is 4. The summed E-state index contributed by atoms with van der Waals surface area (Å²) >= 11 is 0. The average molecular weight is 222 g/mol. The smallest absolute Gasteiger partial charge is 0.316 e. The Morgan fingerprint density at radius 1 is 1.38 bits per heavy atom. The first-order valence-corrected chi connectivity index (χ1v) is 4.81. The molecular formula is C10H11FN4O. The van der Waals surface area contributed by atoms with E-state index in [1.165, 1.54) is 12.1 Å². The van der Waals surface area contributed by atoms with Crippen molar-refractivity contribution in [3.63, 3.8) is 0 Å². The molecule has 84 valence electrons. The monoisotopic (exact) mass is 222 g/mol. The summed E-state index contributed by atoms with van der Waals surface area (Å²) in [5.74, 6) is -0.237. The van der Waals surface area contributed by atoms with E-state index in [4.69, 9.17) is 10.2 Å². The molecule has 0 bridgehead atoms. The van der Waals surface area contributed by atoms with Gasteiger partial charge in [-0.05, 0) is 24.1 Å². The van der Waals surface area contributed by atoms with Gasteiger partial charge in [0.05, 0.1) is 0 Å². The number of nitrogen functional groups attached to an aromatic ring is 1. The van der Waals surface area contributed by atoms with Gasteiger partial charge in [-0.15, -0.1) is 0 Å². The highest BCUT2D eigenvalue weighted by atomic mass is 19.1. The summed E-state index contributed by atoms with van der Waals surface area (Å²) in [4.78, 5) is 0. The number of hydrogen-bond donors (Lipinski definition) is 2. The van der Waals surface area contributed by atoms with Gasteiger partial charge in [-0.2, -0.15) is 0 Å². The lowest BCUT2D eigenvalue weighted by Gasteiger charge is -2.01. The van der Waals surface area contributed by atoms with Crippen LogP contribution in [0.2, 0.25) is 0 Å². The second kappa shape index (κ2) is 4.61. The van der Waals surface area contributed by atoms with Gasteiger partial charge >= 0.3 is 12.0 Å². The van der Waals surface area contributed by atoms with Gasteiger partial charge in [-0.3, -0.25) is 0 Å². The van der Waals surface area contributed by atoms with Crippen LogP contribution in [0, 0.1) is 5.82 Å². The maximum Gasteiger partial charge on any atom is 0.316 e. The minimum Gasteiger partial charge on any atom is -0.390 e. The van der Waals surface area contributed by atoms with E-state index in [0.717, 1.165) is 5.56 Å². The van der Waals surface area contributed by atoms with Crippen molar-refractivity contribution >= 4 is 12.0 Å². The van der Waals surface area contributed by atoms with Crippen LogP contribution in [0.3, 0.4) is 0 Å². The molecule has 0 amide bonds. The normalized spacial score (nSPS) is 10.3. The van der Waals surface area contributed by atoms with Gasteiger partial charge in [0.25, 0.3) is 0 Å². The van der Waals surface area contributed by atoms with Gasteiger partial charge in [0.1, 0.15) is 5.82 Å². The van der Waals surface area contributed by atoms with Gasteiger partial charge < -0.3 is 15.5 Å². The zero-order valence-corrected chi connectivity index (χ0v) is 8.48. The molecule has 16 heavy (non-hydrogen) atoms. The molecule has 2 rings (SSSR count). The molecule has 5 nitrogen and oxygen atoms in total. The average Bonchev–Trinajstić information content (AvgIpc) is 2.64. The summed E-state index contributed by atoms with van der Waals surface area (Å²) in [5, 5.41) is 10.0. The van der Waals surface area contributed by atoms with Gasteiger partial charge in [-0.1, -0.05) is 22.3 Å². The summed E-state index contributed by atoms with van der Waals surface area (Å²) < 4.78 is 17.8. The van der Waals surface area contributed by atoms with E-state index < -0.39 is 0 Å². The Hall–Kier alpha value is -2.11. The van der Waals surface area contributed by atoms with Crippen LogP contribution in [-0.2, 0) is 6.42 Å². The second-order valence-corrected chi connectivity index (χ2v) is 3.25. The van der Waals surface area contributed by atoms with E-state index in [1.54, 1.807) is 6.07 Å². The van der Waals surface area contributed by atoms with Crippen molar-refractivity contribution in [3.8, 4) is 0 Å². The molecular weight excluding hydrogens is 211 g/mol. The molecule has 6 heteroatoms. The summed E-state index contributed by atoms with van der Waals surface area (Å²) in [5.41, 5.74) is 6.15. The quantitative estimate of drug-likeness (QED) is 0.818. The number of nitrogens with two attached hydrogens (primary N) is 1. The Kier molecular flexibility index (Phi) is 3.00. The number of aromatic nitrogens is 2. The maximum atomic E-state index is 12.8. The topological polar surface area (TPSA) is 77.0 Å². The first kappa shape index (κ1) is 10.4. The van der Waals surface area contributed by atoms with Gasteiger partial charge in [0.2, 0.25) is 0 Å². The maximum absolute atomic E-state index is 12.8. The van der Waals surface area contributed by atoms with Gasteiger partial charge in [-0.25, -0.2) is 4.39 Å². The van der Waals surface area contributed by atoms with E-state index in [9.17, 15) is 4.39 Å². The molecule has 0 radical (unpaired) electrons. The number of halogens is 1. The first-order chi connectivity index (χ1) is 7.74. The third kappa shape index (κ3) is 2.69. The zero-order chi connectivity index (χ0) is 11.4. The number of nitrogens with zero attached hydrogens (tertiary/aromatic N) is 2. The van der Waals surface area contributed by atoms with Crippen molar-refractivity contribution in [1.82, 2.24) is 10.2 Å². The summed E-state index contributed by atoms with van der Waals surface area (Å²) in [6, 6.07) is 6.73. The third-order valence-electron chi connectivity index (χ3n) is 2.02. The van der Waals surface area contributed by atoms with Gasteiger partial charge in [0, 0.05) is 6.54 Å². The van der Waals surface area contributed by atoms with Gasteiger partial charge in [0.15, 0.2) is 0 Å². The highest BCUT2D eigenvalue weighted by Gasteiger charge is 2.01. The lowest BCUT2D eigenvalue weighted by Crippen LogP contribution is -2.05. The Bertz CT molecular complexity index is 471. The number of anilines is 2. The van der Waals surface area contributed by atoms with E-state index >= 15 is 0 Å². The molecule has 0 aliphatic rings. The number of nitrogens with one attached hydrogen (secondary N) is 1. The highest BCUT2D eigenvalue weighted by Crippen LogP contribution is 2.07. The first-order valence-electron chi connectivity index (χ1n) is 4.81. The fourth-order valence-corrected chi connectivity index (χ4v) is 1.31. The standard InChI is InChI=1S/C10H11FN4O/c11-8-3-1-2-7(6-8)4-5-13-10-15-14-9(12)16-10/h1-3,6H,4-5H2,(H2,12,14)(H,13,15). The molecule has 1 aromatic heterocycles. The van der Waals surface area contributed by atoms with Crippen LogP contribution >= 0.6 is 0 Å².